The molecular weight excluding hydrogens is 286 g/mol. The number of methoxy groups -OCH3 is 2. The third-order valence-corrected chi connectivity index (χ3v) is 3.63. The van der Waals surface area contributed by atoms with E-state index in [-0.39, 0.29) is 6.42 Å². The summed E-state index contributed by atoms with van der Waals surface area (Å²) in [6.45, 7) is 2.92. The summed E-state index contributed by atoms with van der Waals surface area (Å²) < 4.78 is 11.1. The maximum Gasteiger partial charge on any atom is 0.327 e. The smallest absolute Gasteiger partial charge is 0.327 e. The van der Waals surface area contributed by atoms with Gasteiger partial charge in [0.25, 0.3) is 0 Å². The molecule has 6 heteroatoms. The Labute approximate surface area is 130 Å². The lowest BCUT2D eigenvalue weighted by Crippen LogP contribution is -2.34. The highest BCUT2D eigenvalue weighted by Crippen LogP contribution is 2.16. The van der Waals surface area contributed by atoms with Crippen LogP contribution in [0.3, 0.4) is 0 Å². The van der Waals surface area contributed by atoms with Gasteiger partial charge in [-0.25, -0.2) is 0 Å². The molecule has 22 heavy (non-hydrogen) atoms. The molecule has 0 aliphatic heterocycles. The minimum absolute atomic E-state index is 0.154. The van der Waals surface area contributed by atoms with Gasteiger partial charge >= 0.3 is 11.9 Å². The Hall–Kier alpha value is -2.11. The van der Waals surface area contributed by atoms with Crippen LogP contribution in [0, 0.1) is 11.8 Å². The van der Waals surface area contributed by atoms with Crippen molar-refractivity contribution >= 4 is 17.7 Å². The number of hydrogen-bond donors (Lipinski definition) is 0. The molecule has 1 atom stereocenters. The molecular formula is C16H23NO5. The largest absolute Gasteiger partial charge is 0.468 e. The van der Waals surface area contributed by atoms with E-state index in [9.17, 15) is 14.4 Å². The fraction of sp³-hybridized carbons (Fsp3) is 0.562. The van der Waals surface area contributed by atoms with E-state index in [2.05, 4.69) is 14.0 Å². The van der Waals surface area contributed by atoms with Gasteiger partial charge < -0.3 is 14.0 Å². The minimum atomic E-state index is -1.47. The lowest BCUT2D eigenvalue weighted by molar-refractivity contribution is -0.161. The molecule has 1 aromatic rings. The van der Waals surface area contributed by atoms with Crippen LogP contribution in [0.1, 0.15) is 26.2 Å². The fourth-order valence-electron chi connectivity index (χ4n) is 2.16. The number of ketones is 1. The van der Waals surface area contributed by atoms with Crippen LogP contribution in [0.25, 0.3) is 0 Å². The van der Waals surface area contributed by atoms with Gasteiger partial charge in [0, 0.05) is 25.4 Å². The van der Waals surface area contributed by atoms with E-state index in [1.807, 2.05) is 31.5 Å². The van der Waals surface area contributed by atoms with Crippen LogP contribution in [0.5, 0.6) is 0 Å². The lowest BCUT2D eigenvalue weighted by Gasteiger charge is -2.14. The number of esters is 2. The second-order valence-electron chi connectivity index (χ2n) is 5.30. The molecule has 0 aliphatic rings. The van der Waals surface area contributed by atoms with Crippen LogP contribution in [0.4, 0.5) is 0 Å². The number of nitrogens with zero attached hydrogens (tertiary/aromatic N) is 1. The molecule has 1 heterocycles. The average molecular weight is 309 g/mol. The first-order valence-electron chi connectivity index (χ1n) is 7.28. The SMILES string of the molecule is COC(=O)C(C(=O)CC[C@H](C)CCn1cccc1)C(=O)OC. The zero-order valence-corrected chi connectivity index (χ0v) is 13.3. The molecule has 0 aliphatic carbocycles. The predicted molar refractivity (Wildman–Crippen MR) is 80.0 cm³/mol. The lowest BCUT2D eigenvalue weighted by atomic mass is 9.94. The summed E-state index contributed by atoms with van der Waals surface area (Å²) in [5.41, 5.74) is 0. The second kappa shape index (κ2) is 9.02. The number of aryl methyl sites for hydroxylation is 1. The summed E-state index contributed by atoms with van der Waals surface area (Å²) in [5, 5.41) is 0. The van der Waals surface area contributed by atoms with E-state index in [0.717, 1.165) is 27.2 Å². The molecule has 0 unspecified atom stereocenters. The van der Waals surface area contributed by atoms with E-state index in [4.69, 9.17) is 0 Å². The van der Waals surface area contributed by atoms with E-state index < -0.39 is 23.6 Å². The van der Waals surface area contributed by atoms with Crippen molar-refractivity contribution in [2.75, 3.05) is 14.2 Å². The molecule has 0 N–H and O–H groups in total. The van der Waals surface area contributed by atoms with Gasteiger partial charge in [-0.3, -0.25) is 14.4 Å². The first-order chi connectivity index (χ1) is 10.5. The topological polar surface area (TPSA) is 74.6 Å². The molecule has 0 bridgehead atoms. The molecule has 1 rings (SSSR count). The number of hydrogen-bond acceptors (Lipinski definition) is 5. The van der Waals surface area contributed by atoms with E-state index in [1.165, 1.54) is 0 Å². The van der Waals surface area contributed by atoms with Crippen molar-refractivity contribution < 1.29 is 23.9 Å². The first kappa shape index (κ1) is 17.9. The van der Waals surface area contributed by atoms with Gasteiger partial charge in [-0.15, -0.1) is 0 Å². The molecule has 1 aromatic heterocycles. The Morgan fingerprint density at radius 1 is 1.00 bits per heavy atom. The van der Waals surface area contributed by atoms with Crippen LogP contribution in [-0.4, -0.2) is 36.5 Å². The summed E-state index contributed by atoms with van der Waals surface area (Å²) in [6, 6.07) is 3.93. The van der Waals surface area contributed by atoms with Gasteiger partial charge in [-0.2, -0.15) is 0 Å². The van der Waals surface area contributed by atoms with Crippen molar-refractivity contribution in [1.82, 2.24) is 4.57 Å². The Morgan fingerprint density at radius 3 is 2.05 bits per heavy atom. The molecule has 6 nitrogen and oxygen atoms in total. The van der Waals surface area contributed by atoms with Crippen LogP contribution >= 0.6 is 0 Å². The predicted octanol–water partition coefficient (Wildman–Crippen LogP) is 1.83. The van der Waals surface area contributed by atoms with Crippen molar-refractivity contribution in [3.8, 4) is 0 Å². The number of carbonyl (C=O) groups is 3. The number of Topliss-reactive ketones (excluding diaryl/α,β-unsaturated/α-hetero) is 1. The molecule has 0 spiro atoms. The molecule has 0 aromatic carbocycles. The van der Waals surface area contributed by atoms with Gasteiger partial charge in [0.15, 0.2) is 5.78 Å². The van der Waals surface area contributed by atoms with Gasteiger partial charge in [0.05, 0.1) is 14.2 Å². The van der Waals surface area contributed by atoms with Crippen molar-refractivity contribution in [3.63, 3.8) is 0 Å². The zero-order valence-electron chi connectivity index (χ0n) is 13.3. The van der Waals surface area contributed by atoms with Gasteiger partial charge in [-0.1, -0.05) is 6.92 Å². The van der Waals surface area contributed by atoms with Crippen molar-refractivity contribution in [1.29, 1.82) is 0 Å². The number of aromatic nitrogens is 1. The zero-order chi connectivity index (χ0) is 16.5. The van der Waals surface area contributed by atoms with Crippen LogP contribution < -0.4 is 0 Å². The molecule has 122 valence electrons. The highest BCUT2D eigenvalue weighted by Gasteiger charge is 2.35. The summed E-state index contributed by atoms with van der Waals surface area (Å²) in [6.07, 6.45) is 5.67. The summed E-state index contributed by atoms with van der Waals surface area (Å²) in [4.78, 5) is 35.1. The third-order valence-electron chi connectivity index (χ3n) is 3.63. The van der Waals surface area contributed by atoms with Crippen molar-refractivity contribution in [3.05, 3.63) is 24.5 Å². The van der Waals surface area contributed by atoms with Crippen LogP contribution in [-0.2, 0) is 30.4 Å². The standard InChI is InChI=1S/C16H23NO5/c1-12(8-11-17-9-4-5-10-17)6-7-13(18)14(15(19)21-2)16(20)22-3/h4-5,9-10,12,14H,6-8,11H2,1-3H3/t12-/m0/s1. The molecule has 0 amide bonds. The Kier molecular flexibility index (Phi) is 7.36. The maximum atomic E-state index is 12.1. The first-order valence-corrected chi connectivity index (χ1v) is 7.28. The number of rotatable bonds is 9. The monoisotopic (exact) mass is 309 g/mol. The van der Waals surface area contributed by atoms with Gasteiger partial charge in [-0.05, 0) is 30.9 Å². The number of carbonyl (C=O) groups excluding carboxylic acids is 3. The molecule has 0 saturated heterocycles. The summed E-state index contributed by atoms with van der Waals surface area (Å²) in [5.74, 6) is -3.34. The maximum absolute atomic E-state index is 12.1. The van der Waals surface area contributed by atoms with E-state index >= 15 is 0 Å². The quantitative estimate of drug-likeness (QED) is 0.514. The minimum Gasteiger partial charge on any atom is -0.468 e. The van der Waals surface area contributed by atoms with E-state index in [0.29, 0.717) is 12.3 Å². The van der Waals surface area contributed by atoms with Gasteiger partial charge in [0.1, 0.15) is 0 Å². The molecule has 0 fully saturated rings. The van der Waals surface area contributed by atoms with E-state index in [1.54, 1.807) is 0 Å². The summed E-state index contributed by atoms with van der Waals surface area (Å²) >= 11 is 0. The van der Waals surface area contributed by atoms with Crippen molar-refractivity contribution in [2.24, 2.45) is 11.8 Å². The average Bonchev–Trinajstić information content (AvgIpc) is 3.03. The number of ether oxygens (including phenoxy) is 2. The summed E-state index contributed by atoms with van der Waals surface area (Å²) in [7, 11) is 2.29. The van der Waals surface area contributed by atoms with Crippen LogP contribution in [0.2, 0.25) is 0 Å². The third kappa shape index (κ3) is 5.35. The highest BCUT2D eigenvalue weighted by molar-refractivity contribution is 6.14. The molecule has 0 radical (unpaired) electrons. The van der Waals surface area contributed by atoms with Gasteiger partial charge in [0.2, 0.25) is 5.92 Å². The Morgan fingerprint density at radius 2 is 1.55 bits per heavy atom. The van der Waals surface area contributed by atoms with Crippen LogP contribution in [0.15, 0.2) is 24.5 Å². The Bertz CT molecular complexity index is 479. The second-order valence-corrected chi connectivity index (χ2v) is 5.30. The molecule has 0 saturated carbocycles. The normalized spacial score (nSPS) is 12.0. The van der Waals surface area contributed by atoms with Crippen molar-refractivity contribution in [2.45, 2.75) is 32.7 Å². The highest BCUT2D eigenvalue weighted by atomic mass is 16.5. The Balaban J connectivity index is 2.44. The fourth-order valence-corrected chi connectivity index (χ4v) is 2.16.